The van der Waals surface area contributed by atoms with Gasteiger partial charge in [-0.15, -0.1) is 5.10 Å². The first-order chi connectivity index (χ1) is 12.0. The molecule has 0 amide bonds. The maximum absolute atomic E-state index is 14.7. The quantitative estimate of drug-likeness (QED) is 0.681. The minimum absolute atomic E-state index is 0.0542. The Morgan fingerprint density at radius 3 is 2.72 bits per heavy atom. The van der Waals surface area contributed by atoms with Crippen LogP contribution in [0.1, 0.15) is 41.6 Å². The normalized spacial score (nSPS) is 17.2. The topological polar surface area (TPSA) is 53.7 Å². The second-order valence-corrected chi connectivity index (χ2v) is 8.23. The number of benzene rings is 1. The largest absolute Gasteiger partial charge is 0.492 e. The van der Waals surface area contributed by atoms with Crippen LogP contribution in [0.15, 0.2) is 22.7 Å². The molecule has 25 heavy (non-hydrogen) atoms. The Bertz CT molecular complexity index is 919. The van der Waals surface area contributed by atoms with Crippen LogP contribution in [0.3, 0.4) is 0 Å². The van der Waals surface area contributed by atoms with Gasteiger partial charge in [0, 0.05) is 10.0 Å². The van der Waals surface area contributed by atoms with E-state index in [1.54, 1.807) is 13.0 Å². The van der Waals surface area contributed by atoms with Crippen molar-refractivity contribution in [3.8, 4) is 5.88 Å². The van der Waals surface area contributed by atoms with Crippen LogP contribution < -0.4 is 0 Å². The van der Waals surface area contributed by atoms with Crippen LogP contribution in [0.5, 0.6) is 5.88 Å². The highest BCUT2D eigenvalue weighted by molar-refractivity contribution is 9.10. The number of piperidine rings is 1. The molecule has 8 heteroatoms. The molecule has 0 bridgehead atoms. The molecular weight excluding hydrogens is 407 g/mol. The molecule has 1 aliphatic heterocycles. The highest BCUT2D eigenvalue weighted by atomic mass is 79.9. The smallest absolute Gasteiger partial charge is 0.230 e. The molecule has 1 saturated heterocycles. The molecule has 132 valence electrons. The van der Waals surface area contributed by atoms with E-state index in [-0.39, 0.29) is 17.7 Å². The zero-order valence-electron chi connectivity index (χ0n) is 13.7. The minimum Gasteiger partial charge on any atom is -0.492 e. The van der Waals surface area contributed by atoms with Crippen LogP contribution in [0.25, 0.3) is 4.96 Å². The number of likely N-dealkylation sites (tertiary alicyclic amines) is 1. The Balaban J connectivity index is 1.86. The van der Waals surface area contributed by atoms with Crippen LogP contribution in [-0.4, -0.2) is 37.7 Å². The van der Waals surface area contributed by atoms with Gasteiger partial charge in [-0.1, -0.05) is 39.8 Å². The van der Waals surface area contributed by atoms with Crippen molar-refractivity contribution in [3.63, 3.8) is 0 Å². The molecule has 2 aromatic heterocycles. The summed E-state index contributed by atoms with van der Waals surface area (Å²) in [6.45, 7) is 3.55. The Kier molecular flexibility index (Phi) is 4.51. The van der Waals surface area contributed by atoms with Gasteiger partial charge >= 0.3 is 0 Å². The lowest BCUT2D eigenvalue weighted by molar-refractivity contribution is 0.184. The third kappa shape index (κ3) is 3.07. The maximum atomic E-state index is 14.7. The molecule has 5 nitrogen and oxygen atoms in total. The Labute approximate surface area is 157 Å². The SMILES string of the molecule is Cc1nc2sc([C@@H](c3ccc(Br)cc3F)N3CCCCC3)c(O)n2n1. The second kappa shape index (κ2) is 6.66. The van der Waals surface area contributed by atoms with Crippen LogP contribution in [0.2, 0.25) is 0 Å². The fourth-order valence-electron chi connectivity index (χ4n) is 3.43. The summed E-state index contributed by atoms with van der Waals surface area (Å²) in [5.74, 6) is 0.385. The summed E-state index contributed by atoms with van der Waals surface area (Å²) in [4.78, 5) is 7.91. The van der Waals surface area contributed by atoms with Crippen molar-refractivity contribution in [3.05, 3.63) is 44.8 Å². The summed E-state index contributed by atoms with van der Waals surface area (Å²) in [6.07, 6.45) is 3.34. The van der Waals surface area contributed by atoms with E-state index >= 15 is 0 Å². The van der Waals surface area contributed by atoms with Crippen LogP contribution in [0, 0.1) is 12.7 Å². The molecule has 1 atom stereocenters. The first kappa shape index (κ1) is 16.9. The highest BCUT2D eigenvalue weighted by Gasteiger charge is 2.32. The van der Waals surface area contributed by atoms with Crippen molar-refractivity contribution in [1.82, 2.24) is 19.5 Å². The van der Waals surface area contributed by atoms with E-state index in [4.69, 9.17) is 0 Å². The minimum atomic E-state index is -0.331. The molecule has 1 fully saturated rings. The van der Waals surface area contributed by atoms with Crippen LogP contribution in [-0.2, 0) is 0 Å². The third-order valence-electron chi connectivity index (χ3n) is 4.57. The predicted octanol–water partition coefficient (Wildman–Crippen LogP) is 4.28. The van der Waals surface area contributed by atoms with Gasteiger partial charge < -0.3 is 5.11 Å². The number of thiazole rings is 1. The summed E-state index contributed by atoms with van der Waals surface area (Å²) in [7, 11) is 0. The fourth-order valence-corrected chi connectivity index (χ4v) is 4.92. The molecule has 1 aromatic carbocycles. The lowest BCUT2D eigenvalue weighted by Crippen LogP contribution is -2.34. The lowest BCUT2D eigenvalue weighted by atomic mass is 10.00. The third-order valence-corrected chi connectivity index (χ3v) is 6.13. The molecule has 3 heterocycles. The zero-order valence-corrected chi connectivity index (χ0v) is 16.1. The van der Waals surface area contributed by atoms with Gasteiger partial charge in [0.15, 0.2) is 0 Å². The number of fused-ring (bicyclic) bond motifs is 1. The van der Waals surface area contributed by atoms with Gasteiger partial charge in [-0.3, -0.25) is 4.90 Å². The fraction of sp³-hybridized carbons (Fsp3) is 0.412. The predicted molar refractivity (Wildman–Crippen MR) is 98.6 cm³/mol. The number of aryl methyl sites for hydroxylation is 1. The molecule has 4 rings (SSSR count). The number of hydrogen-bond donors (Lipinski definition) is 1. The number of aromatic hydroxyl groups is 1. The average Bonchev–Trinajstić information content (AvgIpc) is 3.09. The van der Waals surface area contributed by atoms with Gasteiger partial charge in [0.1, 0.15) is 11.6 Å². The van der Waals surface area contributed by atoms with E-state index in [1.165, 1.54) is 28.3 Å². The first-order valence-electron chi connectivity index (χ1n) is 8.28. The van der Waals surface area contributed by atoms with Gasteiger partial charge in [-0.05, 0) is 45.0 Å². The second-order valence-electron chi connectivity index (χ2n) is 6.31. The molecule has 0 unspecified atom stereocenters. The van der Waals surface area contributed by atoms with E-state index < -0.39 is 0 Å². The van der Waals surface area contributed by atoms with Crippen molar-refractivity contribution in [2.75, 3.05) is 13.1 Å². The monoisotopic (exact) mass is 424 g/mol. The molecule has 0 radical (unpaired) electrons. The van der Waals surface area contributed by atoms with Crippen molar-refractivity contribution in [1.29, 1.82) is 0 Å². The maximum Gasteiger partial charge on any atom is 0.230 e. The van der Waals surface area contributed by atoms with Gasteiger partial charge in [0.2, 0.25) is 10.8 Å². The highest BCUT2D eigenvalue weighted by Crippen LogP contribution is 2.41. The molecule has 1 N–H and O–H groups in total. The molecule has 0 spiro atoms. The molecule has 0 saturated carbocycles. The van der Waals surface area contributed by atoms with E-state index in [0.717, 1.165) is 25.9 Å². The lowest BCUT2D eigenvalue weighted by Gasteiger charge is -2.34. The summed E-state index contributed by atoms with van der Waals surface area (Å²) in [6, 6.07) is 4.78. The molecule has 1 aliphatic rings. The summed E-state index contributed by atoms with van der Waals surface area (Å²) < 4.78 is 16.9. The van der Waals surface area contributed by atoms with E-state index in [9.17, 15) is 9.50 Å². The number of rotatable bonds is 3. The molecular formula is C17H18BrFN4OS. The molecule has 3 aromatic rings. The number of halogens is 2. The average molecular weight is 425 g/mol. The summed E-state index contributed by atoms with van der Waals surface area (Å²) in [5.41, 5.74) is 0.571. The first-order valence-corrected chi connectivity index (χ1v) is 9.89. The van der Waals surface area contributed by atoms with E-state index in [2.05, 4.69) is 30.9 Å². The standard InChI is InChI=1S/C17H18BrFN4OS/c1-10-20-17-23(21-10)16(24)15(25-17)14(22-7-3-2-4-8-22)12-6-5-11(18)9-13(12)19/h5-6,9,14,24H,2-4,7-8H2,1H3/t14-/m1/s1. The number of aromatic nitrogens is 3. The van der Waals surface area contributed by atoms with Gasteiger partial charge in [-0.2, -0.15) is 4.52 Å². The van der Waals surface area contributed by atoms with Crippen molar-refractivity contribution in [2.45, 2.75) is 32.2 Å². The van der Waals surface area contributed by atoms with E-state index in [1.807, 2.05) is 6.07 Å². The number of hydrogen-bond acceptors (Lipinski definition) is 5. The summed E-state index contributed by atoms with van der Waals surface area (Å²) in [5, 5.41) is 15.0. The number of nitrogens with zero attached hydrogens (tertiary/aromatic N) is 4. The van der Waals surface area contributed by atoms with E-state index in [0.29, 0.717) is 25.7 Å². The van der Waals surface area contributed by atoms with Crippen molar-refractivity contribution < 1.29 is 9.50 Å². The van der Waals surface area contributed by atoms with Crippen molar-refractivity contribution in [2.24, 2.45) is 0 Å². The Morgan fingerprint density at radius 1 is 1.28 bits per heavy atom. The Hall–Kier alpha value is -1.51. The van der Waals surface area contributed by atoms with Crippen LogP contribution in [0.4, 0.5) is 4.39 Å². The van der Waals surface area contributed by atoms with Gasteiger partial charge in [0.25, 0.3) is 0 Å². The molecule has 0 aliphatic carbocycles. The zero-order chi connectivity index (χ0) is 17.6. The Morgan fingerprint density at radius 2 is 2.04 bits per heavy atom. The summed E-state index contributed by atoms with van der Waals surface area (Å²) >= 11 is 4.69. The van der Waals surface area contributed by atoms with Gasteiger partial charge in [0.05, 0.1) is 10.9 Å². The van der Waals surface area contributed by atoms with Crippen molar-refractivity contribution >= 4 is 32.2 Å². The van der Waals surface area contributed by atoms with Crippen LogP contribution >= 0.6 is 27.3 Å². The van der Waals surface area contributed by atoms with Gasteiger partial charge in [-0.25, -0.2) is 9.37 Å².